The first-order chi connectivity index (χ1) is 6.04. The van der Waals surface area contributed by atoms with Gasteiger partial charge in [0.25, 0.3) is 0 Å². The number of aromatic nitrogens is 1. The Bertz CT molecular complexity index is 322. The van der Waals surface area contributed by atoms with E-state index < -0.39 is 11.7 Å². The molecule has 0 radical (unpaired) electrons. The molecular formula is C7H5F3N2S. The summed E-state index contributed by atoms with van der Waals surface area (Å²) in [7, 11) is 0. The molecule has 1 aromatic heterocycles. The lowest BCUT2D eigenvalue weighted by atomic mass is 10.2. The van der Waals surface area contributed by atoms with Crippen LogP contribution >= 0.6 is 12.8 Å². The zero-order chi connectivity index (χ0) is 9.90. The van der Waals surface area contributed by atoms with Crippen molar-refractivity contribution in [1.29, 1.82) is 0 Å². The van der Waals surface area contributed by atoms with Crippen molar-refractivity contribution in [2.75, 3.05) is 0 Å². The fourth-order valence-corrected chi connectivity index (χ4v) is 0.873. The average molecular weight is 206 g/mol. The van der Waals surface area contributed by atoms with Crippen LogP contribution in [-0.4, -0.2) is 11.2 Å². The number of pyridine rings is 1. The number of rotatable bonds is 1. The SMILES string of the molecule is FC(F)(F)c1ccnc(/C=N/S)c1. The molecule has 0 aromatic carbocycles. The highest BCUT2D eigenvalue weighted by Crippen LogP contribution is 2.28. The molecular weight excluding hydrogens is 201 g/mol. The van der Waals surface area contributed by atoms with E-state index in [2.05, 4.69) is 22.2 Å². The predicted molar refractivity (Wildman–Crippen MR) is 45.8 cm³/mol. The molecule has 0 bridgehead atoms. The molecule has 0 atom stereocenters. The predicted octanol–water partition coefficient (Wildman–Crippen LogP) is 2.36. The Morgan fingerprint density at radius 3 is 2.69 bits per heavy atom. The first-order valence-corrected chi connectivity index (χ1v) is 3.64. The molecule has 1 aromatic rings. The van der Waals surface area contributed by atoms with E-state index in [1.807, 2.05) is 0 Å². The Kier molecular flexibility index (Phi) is 2.92. The zero-order valence-electron chi connectivity index (χ0n) is 6.28. The molecule has 0 unspecified atom stereocenters. The van der Waals surface area contributed by atoms with E-state index in [9.17, 15) is 13.2 Å². The van der Waals surface area contributed by atoms with Crippen LogP contribution in [0.4, 0.5) is 13.2 Å². The molecule has 0 aliphatic heterocycles. The van der Waals surface area contributed by atoms with E-state index in [0.29, 0.717) is 0 Å². The van der Waals surface area contributed by atoms with Crippen LogP contribution in [0, 0.1) is 0 Å². The van der Waals surface area contributed by atoms with Crippen LogP contribution in [0.2, 0.25) is 0 Å². The van der Waals surface area contributed by atoms with Gasteiger partial charge in [-0.05, 0) is 24.9 Å². The molecule has 0 saturated heterocycles. The maximum absolute atomic E-state index is 12.1. The van der Waals surface area contributed by atoms with Crippen LogP contribution in [-0.2, 0) is 6.18 Å². The second-order valence-electron chi connectivity index (χ2n) is 2.21. The van der Waals surface area contributed by atoms with Crippen molar-refractivity contribution in [2.24, 2.45) is 4.40 Å². The van der Waals surface area contributed by atoms with Crippen molar-refractivity contribution >= 4 is 19.0 Å². The van der Waals surface area contributed by atoms with Crippen molar-refractivity contribution < 1.29 is 13.2 Å². The summed E-state index contributed by atoms with van der Waals surface area (Å²) in [6.45, 7) is 0. The highest BCUT2D eigenvalue weighted by Gasteiger charge is 2.30. The first kappa shape index (κ1) is 10.0. The van der Waals surface area contributed by atoms with E-state index in [4.69, 9.17) is 0 Å². The Morgan fingerprint density at radius 2 is 2.15 bits per heavy atom. The summed E-state index contributed by atoms with van der Waals surface area (Å²) in [6, 6.07) is 1.80. The van der Waals surface area contributed by atoms with Gasteiger partial charge in [0.05, 0.1) is 17.5 Å². The normalized spacial score (nSPS) is 12.3. The monoisotopic (exact) mass is 206 g/mol. The molecule has 0 saturated carbocycles. The number of hydrogen-bond acceptors (Lipinski definition) is 3. The molecule has 13 heavy (non-hydrogen) atoms. The van der Waals surface area contributed by atoms with Crippen molar-refractivity contribution in [3.05, 3.63) is 29.6 Å². The van der Waals surface area contributed by atoms with Gasteiger partial charge in [0.15, 0.2) is 0 Å². The summed E-state index contributed by atoms with van der Waals surface area (Å²) in [5, 5.41) is 0. The molecule has 0 N–H and O–H groups in total. The van der Waals surface area contributed by atoms with Crippen molar-refractivity contribution in [3.63, 3.8) is 0 Å². The van der Waals surface area contributed by atoms with Gasteiger partial charge in [0, 0.05) is 6.20 Å². The van der Waals surface area contributed by atoms with Crippen LogP contribution in [0.3, 0.4) is 0 Å². The van der Waals surface area contributed by atoms with Crippen molar-refractivity contribution in [3.8, 4) is 0 Å². The molecule has 2 nitrogen and oxygen atoms in total. The van der Waals surface area contributed by atoms with Crippen molar-refractivity contribution in [2.45, 2.75) is 6.18 Å². The Labute approximate surface area is 78.1 Å². The Morgan fingerprint density at radius 1 is 1.46 bits per heavy atom. The number of alkyl halides is 3. The lowest BCUT2D eigenvalue weighted by Gasteiger charge is -2.05. The molecule has 6 heteroatoms. The number of hydrogen-bond donors (Lipinski definition) is 1. The first-order valence-electron chi connectivity index (χ1n) is 3.24. The van der Waals surface area contributed by atoms with Gasteiger partial charge in [-0.1, -0.05) is 0 Å². The van der Waals surface area contributed by atoms with Gasteiger partial charge >= 0.3 is 6.18 Å². The van der Waals surface area contributed by atoms with Gasteiger partial charge in [-0.25, -0.2) is 4.40 Å². The summed E-state index contributed by atoms with van der Waals surface area (Å²) in [5.74, 6) is 0. The summed E-state index contributed by atoms with van der Waals surface area (Å²) in [5.41, 5.74) is -0.615. The van der Waals surface area contributed by atoms with Gasteiger partial charge in [-0.15, -0.1) is 0 Å². The molecule has 0 fully saturated rings. The molecule has 70 valence electrons. The van der Waals surface area contributed by atoms with E-state index in [-0.39, 0.29) is 5.69 Å². The third-order valence-electron chi connectivity index (χ3n) is 1.30. The summed E-state index contributed by atoms with van der Waals surface area (Å²) >= 11 is 3.49. The van der Waals surface area contributed by atoms with Gasteiger partial charge in [-0.2, -0.15) is 13.2 Å². The molecule has 0 aliphatic rings. The number of thiol groups is 1. The van der Waals surface area contributed by atoms with Crippen LogP contribution < -0.4 is 0 Å². The second kappa shape index (κ2) is 3.78. The van der Waals surface area contributed by atoms with Crippen LogP contribution in [0.15, 0.2) is 22.7 Å². The Hall–Kier alpha value is -1.04. The highest BCUT2D eigenvalue weighted by molar-refractivity contribution is 7.78. The molecule has 1 rings (SSSR count). The second-order valence-corrected chi connectivity index (χ2v) is 2.44. The minimum absolute atomic E-state index is 0.129. The van der Waals surface area contributed by atoms with Crippen LogP contribution in [0.1, 0.15) is 11.3 Å². The van der Waals surface area contributed by atoms with E-state index >= 15 is 0 Å². The van der Waals surface area contributed by atoms with Crippen molar-refractivity contribution in [1.82, 2.24) is 4.98 Å². The number of halogens is 3. The third-order valence-corrected chi connectivity index (χ3v) is 1.41. The summed E-state index contributed by atoms with van der Waals surface area (Å²) < 4.78 is 39.6. The molecule has 1 heterocycles. The summed E-state index contributed by atoms with van der Waals surface area (Å²) in [6.07, 6.45) is -2.13. The lowest BCUT2D eigenvalue weighted by molar-refractivity contribution is -0.137. The standard InChI is InChI=1S/C7H5F3N2S/c8-7(9,10)5-1-2-11-6(3-5)4-12-13/h1-4,13H/b12-4+. The van der Waals surface area contributed by atoms with E-state index in [1.54, 1.807) is 0 Å². The number of nitrogens with zero attached hydrogens (tertiary/aromatic N) is 2. The van der Waals surface area contributed by atoms with E-state index in [1.165, 1.54) is 0 Å². The van der Waals surface area contributed by atoms with Crippen LogP contribution in [0.5, 0.6) is 0 Å². The fourth-order valence-electron chi connectivity index (χ4n) is 0.754. The van der Waals surface area contributed by atoms with Crippen LogP contribution in [0.25, 0.3) is 0 Å². The molecule has 0 aliphatic carbocycles. The van der Waals surface area contributed by atoms with Gasteiger partial charge in [0.2, 0.25) is 0 Å². The quantitative estimate of drug-likeness (QED) is 0.553. The third kappa shape index (κ3) is 2.73. The summed E-state index contributed by atoms with van der Waals surface area (Å²) in [4.78, 5) is 3.64. The van der Waals surface area contributed by atoms with Gasteiger partial charge in [0.1, 0.15) is 0 Å². The molecule has 0 spiro atoms. The van der Waals surface area contributed by atoms with E-state index in [0.717, 1.165) is 24.5 Å². The molecule has 0 amide bonds. The smallest absolute Gasteiger partial charge is 0.255 e. The lowest BCUT2D eigenvalue weighted by Crippen LogP contribution is -2.05. The topological polar surface area (TPSA) is 25.2 Å². The minimum atomic E-state index is -4.35. The maximum atomic E-state index is 12.1. The van der Waals surface area contributed by atoms with Gasteiger partial charge < -0.3 is 0 Å². The largest absolute Gasteiger partial charge is 0.416 e. The maximum Gasteiger partial charge on any atom is 0.416 e. The average Bonchev–Trinajstić information content (AvgIpc) is 2.04. The fraction of sp³-hybridized carbons (Fsp3) is 0.143. The van der Waals surface area contributed by atoms with Gasteiger partial charge in [-0.3, -0.25) is 4.98 Å². The minimum Gasteiger partial charge on any atom is -0.255 e. The zero-order valence-corrected chi connectivity index (χ0v) is 7.18. The highest BCUT2D eigenvalue weighted by atomic mass is 32.1. The Balaban J connectivity index is 3.05.